The van der Waals surface area contributed by atoms with Crippen molar-refractivity contribution in [2.24, 2.45) is 17.6 Å². The van der Waals surface area contributed by atoms with Gasteiger partial charge in [-0.05, 0) is 45.3 Å². The molecule has 2 N–H and O–H groups in total. The fourth-order valence-electron chi connectivity index (χ4n) is 2.78. The minimum Gasteiger partial charge on any atom is -0.341 e. The van der Waals surface area contributed by atoms with Crippen LogP contribution in [0.15, 0.2) is 0 Å². The van der Waals surface area contributed by atoms with Crippen LogP contribution in [0.4, 0.5) is 0 Å². The fourth-order valence-corrected chi connectivity index (χ4v) is 2.78. The van der Waals surface area contributed by atoms with E-state index in [1.54, 1.807) is 0 Å². The van der Waals surface area contributed by atoms with Crippen molar-refractivity contribution in [3.8, 4) is 0 Å². The summed E-state index contributed by atoms with van der Waals surface area (Å²) in [6, 6.07) is 0.510. The number of hydrogen-bond acceptors (Lipinski definition) is 3. The van der Waals surface area contributed by atoms with Crippen molar-refractivity contribution in [3.63, 3.8) is 0 Å². The van der Waals surface area contributed by atoms with Crippen LogP contribution in [-0.4, -0.2) is 55.5 Å². The average Bonchev–Trinajstić information content (AvgIpc) is 2.69. The molecule has 0 aromatic carbocycles. The summed E-state index contributed by atoms with van der Waals surface area (Å²) in [5.74, 6) is 1.45. The van der Waals surface area contributed by atoms with E-state index < -0.39 is 0 Å². The Balaban J connectivity index is 2.35. The van der Waals surface area contributed by atoms with E-state index in [9.17, 15) is 4.79 Å². The molecule has 0 saturated carbocycles. The number of nitrogens with zero attached hydrogens (tertiary/aromatic N) is 2. The second-order valence-electron chi connectivity index (χ2n) is 6.03. The van der Waals surface area contributed by atoms with E-state index in [4.69, 9.17) is 5.73 Å². The van der Waals surface area contributed by atoms with E-state index in [1.807, 2.05) is 4.90 Å². The molecular formula is C14H29N3O. The van der Waals surface area contributed by atoms with Gasteiger partial charge in [0.15, 0.2) is 0 Å². The van der Waals surface area contributed by atoms with Crippen LogP contribution in [0.5, 0.6) is 0 Å². The maximum Gasteiger partial charge on any atom is 0.222 e. The third kappa shape index (κ3) is 4.25. The number of nitrogens with two attached hydrogens (primary N) is 1. The maximum atomic E-state index is 12.1. The Morgan fingerprint density at radius 2 is 2.06 bits per heavy atom. The Labute approximate surface area is 111 Å². The Bertz CT molecular complexity index is 268. The highest BCUT2D eigenvalue weighted by Crippen LogP contribution is 2.21. The molecule has 1 saturated heterocycles. The Morgan fingerprint density at radius 3 is 2.56 bits per heavy atom. The maximum absolute atomic E-state index is 12.1. The van der Waals surface area contributed by atoms with Crippen LogP contribution in [0.1, 0.15) is 33.1 Å². The molecular weight excluding hydrogens is 226 g/mol. The van der Waals surface area contributed by atoms with Crippen LogP contribution in [-0.2, 0) is 4.79 Å². The lowest BCUT2D eigenvalue weighted by Crippen LogP contribution is -2.35. The van der Waals surface area contributed by atoms with E-state index in [-0.39, 0.29) is 0 Å². The van der Waals surface area contributed by atoms with E-state index in [0.29, 0.717) is 30.2 Å². The Hall–Kier alpha value is -0.610. The van der Waals surface area contributed by atoms with Crippen molar-refractivity contribution >= 4 is 5.91 Å². The van der Waals surface area contributed by atoms with Crippen molar-refractivity contribution in [1.82, 2.24) is 9.80 Å². The van der Waals surface area contributed by atoms with E-state index >= 15 is 0 Å². The van der Waals surface area contributed by atoms with Crippen LogP contribution in [0, 0.1) is 11.8 Å². The Kier molecular flexibility index (Phi) is 6.09. The second kappa shape index (κ2) is 7.10. The van der Waals surface area contributed by atoms with E-state index in [2.05, 4.69) is 32.8 Å². The van der Waals surface area contributed by atoms with Gasteiger partial charge in [-0.1, -0.05) is 13.8 Å². The van der Waals surface area contributed by atoms with E-state index in [0.717, 1.165) is 32.5 Å². The molecule has 3 unspecified atom stereocenters. The molecule has 0 bridgehead atoms. The minimum absolute atomic E-state index is 0.315. The topological polar surface area (TPSA) is 49.6 Å². The summed E-state index contributed by atoms with van der Waals surface area (Å²) in [5, 5.41) is 0. The molecule has 4 heteroatoms. The molecule has 1 aliphatic rings. The summed E-state index contributed by atoms with van der Waals surface area (Å²) in [5.41, 5.74) is 5.53. The zero-order valence-corrected chi connectivity index (χ0v) is 12.4. The van der Waals surface area contributed by atoms with Crippen molar-refractivity contribution in [3.05, 3.63) is 0 Å². The summed E-state index contributed by atoms with van der Waals surface area (Å²) in [6.07, 6.45) is 2.66. The number of hydrogen-bond donors (Lipinski definition) is 1. The lowest BCUT2D eigenvalue weighted by molar-refractivity contribution is -0.130. The fraction of sp³-hybridized carbons (Fsp3) is 0.929. The van der Waals surface area contributed by atoms with Gasteiger partial charge in [0.1, 0.15) is 0 Å². The molecule has 1 aliphatic heterocycles. The van der Waals surface area contributed by atoms with Crippen LogP contribution < -0.4 is 5.73 Å². The number of likely N-dealkylation sites (tertiary alicyclic amines) is 1. The van der Waals surface area contributed by atoms with Gasteiger partial charge in [-0.15, -0.1) is 0 Å². The quantitative estimate of drug-likeness (QED) is 0.775. The zero-order chi connectivity index (χ0) is 13.7. The van der Waals surface area contributed by atoms with Crippen LogP contribution in [0.3, 0.4) is 0 Å². The Morgan fingerprint density at radius 1 is 1.39 bits per heavy atom. The SMILES string of the molecule is CC(CCN)CCC(=O)N1CC(C)C(N(C)C)C1. The highest BCUT2D eigenvalue weighted by atomic mass is 16.2. The molecule has 1 fully saturated rings. The molecule has 0 radical (unpaired) electrons. The molecule has 1 heterocycles. The molecule has 1 amide bonds. The van der Waals surface area contributed by atoms with Crippen molar-refractivity contribution < 1.29 is 4.79 Å². The smallest absolute Gasteiger partial charge is 0.222 e. The first-order chi connectivity index (χ1) is 8.45. The van der Waals surface area contributed by atoms with Gasteiger partial charge in [0.25, 0.3) is 0 Å². The van der Waals surface area contributed by atoms with E-state index in [1.165, 1.54) is 0 Å². The lowest BCUT2D eigenvalue weighted by Gasteiger charge is -2.22. The van der Waals surface area contributed by atoms with Gasteiger partial charge in [0.2, 0.25) is 5.91 Å². The third-order valence-corrected chi connectivity index (χ3v) is 4.10. The van der Waals surface area contributed by atoms with Gasteiger partial charge in [-0.25, -0.2) is 0 Å². The highest BCUT2D eigenvalue weighted by Gasteiger charge is 2.33. The van der Waals surface area contributed by atoms with Gasteiger partial charge < -0.3 is 15.5 Å². The van der Waals surface area contributed by atoms with Crippen LogP contribution in [0.2, 0.25) is 0 Å². The number of rotatable bonds is 6. The highest BCUT2D eigenvalue weighted by molar-refractivity contribution is 5.76. The molecule has 18 heavy (non-hydrogen) atoms. The number of carbonyl (C=O) groups excluding carboxylic acids is 1. The molecule has 0 spiro atoms. The van der Waals surface area contributed by atoms with Crippen LogP contribution >= 0.6 is 0 Å². The summed E-state index contributed by atoms with van der Waals surface area (Å²) in [4.78, 5) is 16.4. The number of likely N-dealkylation sites (N-methyl/N-ethyl adjacent to an activating group) is 1. The average molecular weight is 255 g/mol. The summed E-state index contributed by atoms with van der Waals surface area (Å²) in [7, 11) is 4.19. The summed E-state index contributed by atoms with van der Waals surface area (Å²) >= 11 is 0. The number of carbonyl (C=O) groups is 1. The molecule has 106 valence electrons. The normalized spacial score (nSPS) is 25.8. The first kappa shape index (κ1) is 15.4. The molecule has 0 aromatic rings. The second-order valence-corrected chi connectivity index (χ2v) is 6.03. The van der Waals surface area contributed by atoms with Crippen molar-refractivity contribution in [2.75, 3.05) is 33.7 Å². The predicted octanol–water partition coefficient (Wildman–Crippen LogP) is 1.16. The first-order valence-electron chi connectivity index (χ1n) is 7.10. The van der Waals surface area contributed by atoms with Gasteiger partial charge in [-0.2, -0.15) is 0 Å². The zero-order valence-electron chi connectivity index (χ0n) is 12.4. The van der Waals surface area contributed by atoms with Gasteiger partial charge in [0.05, 0.1) is 0 Å². The molecule has 4 nitrogen and oxygen atoms in total. The third-order valence-electron chi connectivity index (χ3n) is 4.10. The predicted molar refractivity (Wildman–Crippen MR) is 75.3 cm³/mol. The van der Waals surface area contributed by atoms with Gasteiger partial charge in [-0.3, -0.25) is 4.79 Å². The molecule has 0 aliphatic carbocycles. The monoisotopic (exact) mass is 255 g/mol. The first-order valence-corrected chi connectivity index (χ1v) is 7.10. The summed E-state index contributed by atoms with van der Waals surface area (Å²) < 4.78 is 0. The van der Waals surface area contributed by atoms with Gasteiger partial charge >= 0.3 is 0 Å². The minimum atomic E-state index is 0.315. The molecule has 3 atom stereocenters. The van der Waals surface area contributed by atoms with Crippen molar-refractivity contribution in [1.29, 1.82) is 0 Å². The molecule has 0 aromatic heterocycles. The van der Waals surface area contributed by atoms with Crippen LogP contribution in [0.25, 0.3) is 0 Å². The summed E-state index contributed by atoms with van der Waals surface area (Å²) in [6.45, 7) is 6.92. The number of amides is 1. The lowest BCUT2D eigenvalue weighted by atomic mass is 10.0. The van der Waals surface area contributed by atoms with Crippen molar-refractivity contribution in [2.45, 2.75) is 39.2 Å². The molecule has 1 rings (SSSR count). The standard InChI is InChI=1S/C14H29N3O/c1-11(7-8-15)5-6-14(18)17-9-12(2)13(10-17)16(3)4/h11-13H,5-10,15H2,1-4H3. The largest absolute Gasteiger partial charge is 0.341 e. The van der Waals surface area contributed by atoms with Gasteiger partial charge in [0, 0.05) is 25.6 Å².